The van der Waals surface area contributed by atoms with Gasteiger partial charge in [0.25, 0.3) is 0 Å². The van der Waals surface area contributed by atoms with Gasteiger partial charge in [-0.2, -0.15) is 13.2 Å². The number of halogens is 8. The maximum atomic E-state index is 10.9. The summed E-state index contributed by atoms with van der Waals surface area (Å²) in [5, 5.41) is 0.282. The lowest BCUT2D eigenvalue weighted by molar-refractivity contribution is -0.108. The summed E-state index contributed by atoms with van der Waals surface area (Å²) in [6.07, 6.45) is -4.86. The Balaban J connectivity index is 0. The predicted molar refractivity (Wildman–Crippen MR) is 51.6 cm³/mol. The first kappa shape index (κ1) is 16.8. The van der Waals surface area contributed by atoms with Crippen molar-refractivity contribution in [2.45, 2.75) is 6.18 Å². The van der Waals surface area contributed by atoms with Crippen LogP contribution in [0.1, 0.15) is 0 Å². The molecule has 0 amide bonds. The molecule has 0 saturated heterocycles. The Morgan fingerprint density at radius 2 is 1.43 bits per heavy atom. The van der Waals surface area contributed by atoms with Crippen LogP contribution in [-0.2, 0) is 0 Å². The van der Waals surface area contributed by atoms with Crippen LogP contribution in [-0.4, -0.2) is 12.1 Å². The number of alkyl halides is 4. The highest BCUT2D eigenvalue weighted by molar-refractivity contribution is 6.60. The molecule has 0 rings (SSSR count). The highest BCUT2D eigenvalue weighted by Crippen LogP contribution is 2.23. The minimum atomic E-state index is -4.86. The van der Waals surface area contributed by atoms with Crippen molar-refractivity contribution < 1.29 is 17.6 Å². The second-order valence-corrected chi connectivity index (χ2v) is 3.37. The summed E-state index contributed by atoms with van der Waals surface area (Å²) in [4.78, 5) is 0. The number of hydrogen-bond acceptors (Lipinski definition) is 0. The van der Waals surface area contributed by atoms with E-state index < -0.39 is 12.0 Å². The van der Waals surface area contributed by atoms with Gasteiger partial charge in [0.15, 0.2) is 5.83 Å². The van der Waals surface area contributed by atoms with Gasteiger partial charge in [-0.25, -0.2) is 4.39 Å². The normalized spacial score (nSPS) is 10.0. The minimum absolute atomic E-state index is 0.0386. The van der Waals surface area contributed by atoms with E-state index in [1.807, 2.05) is 6.58 Å². The van der Waals surface area contributed by atoms with Crippen LogP contribution in [0.15, 0.2) is 21.9 Å². The Labute approximate surface area is 98.1 Å². The van der Waals surface area contributed by atoms with Crippen LogP contribution < -0.4 is 0 Å². The summed E-state index contributed by atoms with van der Waals surface area (Å²) in [5.41, 5.74) is 0. The molecule has 0 radical (unpaired) electrons. The fourth-order valence-electron chi connectivity index (χ4n) is 0.0505. The first-order valence-electron chi connectivity index (χ1n) is 2.80. The topological polar surface area (TPSA) is 0 Å². The van der Waals surface area contributed by atoms with Crippen LogP contribution in [0.2, 0.25) is 0 Å². The first-order valence-corrected chi connectivity index (χ1v) is 4.47. The number of rotatable bonds is 1. The fourth-order valence-corrected chi connectivity index (χ4v) is 0.455. The van der Waals surface area contributed by atoms with E-state index in [-0.39, 0.29) is 15.4 Å². The summed E-state index contributed by atoms with van der Waals surface area (Å²) < 4.78 is 43.0. The van der Waals surface area contributed by atoms with Crippen molar-refractivity contribution in [1.82, 2.24) is 0 Å². The predicted octanol–water partition coefficient (Wildman–Crippen LogP) is 5.14. The molecule has 0 aliphatic heterocycles. The molecular weight excluding hydrogens is 290 g/mol. The molecule has 0 N–H and O–H groups in total. The lowest BCUT2D eigenvalue weighted by Crippen LogP contribution is -2.05. The average Bonchev–Trinajstić information content (AvgIpc) is 2.02. The van der Waals surface area contributed by atoms with Gasteiger partial charge in [0, 0.05) is 0 Å². The number of allylic oxidation sites excluding steroid dienone is 2. The lowest BCUT2D eigenvalue weighted by atomic mass is 10.6. The smallest absolute Gasteiger partial charge is 0.202 e. The highest BCUT2D eigenvalue weighted by atomic mass is 35.5. The second kappa shape index (κ2) is 7.63. The Morgan fingerprint density at radius 1 is 1.14 bits per heavy atom. The fraction of sp³-hybridized carbons (Fsp3) is 0.333. The Hall–Kier alpha value is 0.360. The molecule has 0 spiro atoms. The van der Waals surface area contributed by atoms with Crippen LogP contribution in [0.25, 0.3) is 0 Å². The lowest BCUT2D eigenvalue weighted by Gasteiger charge is -1.97. The summed E-state index contributed by atoms with van der Waals surface area (Å²) in [6, 6.07) is 0. The molecule has 84 valence electrons. The summed E-state index contributed by atoms with van der Waals surface area (Å²) in [7, 11) is 0. The van der Waals surface area contributed by atoms with Gasteiger partial charge in [0.2, 0.25) is 0 Å². The summed E-state index contributed by atoms with van der Waals surface area (Å²) in [5.74, 6) is -2.09. The van der Waals surface area contributed by atoms with E-state index in [4.69, 9.17) is 46.4 Å². The standard InChI is InChI=1S/C3H2Cl4.C3H2F4/c4-1-2(5)3(6)7;1-2(4)3(5,6)7/h2*1H2. The third kappa shape index (κ3) is 10.4. The Bertz CT molecular complexity index is 216. The molecule has 0 aliphatic rings. The van der Waals surface area contributed by atoms with Crippen LogP contribution in [0, 0.1) is 0 Å². The monoisotopic (exact) mass is 292 g/mol. The molecule has 0 bridgehead atoms. The van der Waals surface area contributed by atoms with Gasteiger partial charge in [-0.15, -0.1) is 11.6 Å². The maximum absolute atomic E-state index is 10.9. The van der Waals surface area contributed by atoms with E-state index in [0.717, 1.165) is 0 Å². The molecule has 0 aromatic rings. The van der Waals surface area contributed by atoms with Gasteiger partial charge in [0.05, 0.1) is 10.9 Å². The van der Waals surface area contributed by atoms with Gasteiger partial charge in [-0.05, 0) is 0 Å². The summed E-state index contributed by atoms with van der Waals surface area (Å²) >= 11 is 20.8. The molecule has 0 unspecified atom stereocenters. The number of hydrogen-bond donors (Lipinski definition) is 0. The average molecular weight is 294 g/mol. The van der Waals surface area contributed by atoms with Gasteiger partial charge in [-0.3, -0.25) is 0 Å². The van der Waals surface area contributed by atoms with Crippen LogP contribution in [0.3, 0.4) is 0 Å². The van der Waals surface area contributed by atoms with Gasteiger partial charge >= 0.3 is 6.18 Å². The molecule has 0 aromatic heterocycles. The third-order valence-electron chi connectivity index (χ3n) is 0.630. The molecule has 0 heterocycles. The Kier molecular flexibility index (Phi) is 9.14. The van der Waals surface area contributed by atoms with E-state index >= 15 is 0 Å². The molecular formula is C6H4Cl4F4. The Morgan fingerprint density at radius 3 is 1.43 bits per heavy atom. The van der Waals surface area contributed by atoms with Crippen molar-refractivity contribution in [1.29, 1.82) is 0 Å². The van der Waals surface area contributed by atoms with Crippen LogP contribution >= 0.6 is 46.4 Å². The first-order chi connectivity index (χ1) is 6.12. The van der Waals surface area contributed by atoms with Gasteiger partial charge in [0.1, 0.15) is 4.49 Å². The SMILES string of the molecule is C=C(F)C(F)(F)F.ClCC(Cl)=C(Cl)Cl. The highest BCUT2D eigenvalue weighted by Gasteiger charge is 2.32. The van der Waals surface area contributed by atoms with Crippen molar-refractivity contribution in [2.75, 3.05) is 5.88 Å². The molecule has 0 atom stereocenters. The third-order valence-corrected chi connectivity index (χ3v) is 2.01. The van der Waals surface area contributed by atoms with Crippen molar-refractivity contribution in [2.24, 2.45) is 0 Å². The molecule has 14 heavy (non-hydrogen) atoms. The molecule has 0 nitrogen and oxygen atoms in total. The van der Waals surface area contributed by atoms with Gasteiger partial charge < -0.3 is 0 Å². The van der Waals surface area contributed by atoms with Crippen LogP contribution in [0.4, 0.5) is 17.6 Å². The van der Waals surface area contributed by atoms with E-state index in [1.165, 1.54) is 0 Å². The quantitative estimate of drug-likeness (QED) is 0.464. The second-order valence-electron chi connectivity index (χ2n) is 1.70. The maximum Gasteiger partial charge on any atom is 0.442 e. The van der Waals surface area contributed by atoms with Crippen molar-refractivity contribution >= 4 is 46.4 Å². The van der Waals surface area contributed by atoms with Crippen molar-refractivity contribution in [3.63, 3.8) is 0 Å². The van der Waals surface area contributed by atoms with Crippen molar-refractivity contribution in [3.8, 4) is 0 Å². The largest absolute Gasteiger partial charge is 0.442 e. The summed E-state index contributed by atoms with van der Waals surface area (Å²) in [6.45, 7) is 2.03. The molecule has 0 aliphatic carbocycles. The molecule has 0 aromatic carbocycles. The van der Waals surface area contributed by atoms with E-state index in [1.54, 1.807) is 0 Å². The van der Waals surface area contributed by atoms with Crippen LogP contribution in [0.5, 0.6) is 0 Å². The molecule has 0 fully saturated rings. The van der Waals surface area contributed by atoms with Gasteiger partial charge in [-0.1, -0.05) is 41.4 Å². The van der Waals surface area contributed by atoms with E-state index in [0.29, 0.717) is 0 Å². The zero-order chi connectivity index (χ0) is 11.9. The zero-order valence-corrected chi connectivity index (χ0v) is 9.46. The minimum Gasteiger partial charge on any atom is -0.202 e. The molecule has 8 heteroatoms. The van der Waals surface area contributed by atoms with E-state index in [2.05, 4.69) is 0 Å². The van der Waals surface area contributed by atoms with Crippen molar-refractivity contribution in [3.05, 3.63) is 21.9 Å². The van der Waals surface area contributed by atoms with E-state index in [9.17, 15) is 17.6 Å². The molecule has 0 saturated carbocycles. The zero-order valence-electron chi connectivity index (χ0n) is 6.44.